The minimum absolute atomic E-state index is 0.0990. The van der Waals surface area contributed by atoms with Crippen molar-refractivity contribution in [3.8, 4) is 5.88 Å². The fraction of sp³-hybridized carbons (Fsp3) is 0.167. The second-order valence-corrected chi connectivity index (χ2v) is 6.18. The molecule has 2 nitrogen and oxygen atoms in total. The summed E-state index contributed by atoms with van der Waals surface area (Å²) < 4.78 is 30.3. The Morgan fingerprint density at radius 2 is 1.79 bits per heavy atom. The molecule has 0 fully saturated rings. The number of rotatable bonds is 4. The summed E-state index contributed by atoms with van der Waals surface area (Å²) in [6.45, 7) is -1.11. The van der Waals surface area contributed by atoms with Crippen molar-refractivity contribution in [2.45, 2.75) is 20.0 Å². The van der Waals surface area contributed by atoms with E-state index in [-0.39, 0.29) is 5.88 Å². The van der Waals surface area contributed by atoms with Crippen molar-refractivity contribution in [1.29, 1.82) is 0 Å². The number of alkyl halides is 2. The predicted octanol–water partition coefficient (Wildman–Crippen LogP) is 6.04. The van der Waals surface area contributed by atoms with Gasteiger partial charge in [-0.25, -0.2) is 4.98 Å². The molecule has 1 aromatic heterocycles. The Kier molecular flexibility index (Phi) is 4.88. The van der Waals surface area contributed by atoms with Crippen LogP contribution < -0.4 is 4.74 Å². The van der Waals surface area contributed by atoms with Crippen molar-refractivity contribution in [2.75, 3.05) is 0 Å². The van der Waals surface area contributed by atoms with E-state index < -0.39 is 6.61 Å². The number of nitrogens with zero attached hydrogens (tertiary/aromatic N) is 1. The molecule has 0 aliphatic rings. The van der Waals surface area contributed by atoms with Crippen LogP contribution in [-0.4, -0.2) is 11.6 Å². The lowest BCUT2D eigenvalue weighted by molar-refractivity contribution is -0.0532. The average Bonchev–Trinajstić information content (AvgIpc) is 2.53. The summed E-state index contributed by atoms with van der Waals surface area (Å²) in [5, 5.41) is 1.82. The Bertz CT molecular complexity index is 882. The van der Waals surface area contributed by atoms with Gasteiger partial charge in [-0.3, -0.25) is 0 Å². The van der Waals surface area contributed by atoms with Crippen LogP contribution >= 0.6 is 23.2 Å². The first-order valence-electron chi connectivity index (χ1n) is 7.22. The number of benzene rings is 2. The van der Waals surface area contributed by atoms with E-state index >= 15 is 0 Å². The van der Waals surface area contributed by atoms with Crippen LogP contribution in [0, 0.1) is 6.92 Å². The fourth-order valence-electron chi connectivity index (χ4n) is 2.62. The minimum Gasteiger partial charge on any atom is -0.417 e. The number of hydrogen-bond acceptors (Lipinski definition) is 2. The Morgan fingerprint density at radius 3 is 2.46 bits per heavy atom. The van der Waals surface area contributed by atoms with Crippen molar-refractivity contribution in [3.05, 3.63) is 69.2 Å². The molecule has 24 heavy (non-hydrogen) atoms. The van der Waals surface area contributed by atoms with Gasteiger partial charge < -0.3 is 4.74 Å². The van der Waals surface area contributed by atoms with Gasteiger partial charge in [0, 0.05) is 22.4 Å². The van der Waals surface area contributed by atoms with E-state index in [1.165, 1.54) is 0 Å². The van der Waals surface area contributed by atoms with E-state index in [0.717, 1.165) is 16.5 Å². The van der Waals surface area contributed by atoms with Crippen LogP contribution in [0.1, 0.15) is 16.7 Å². The number of pyridine rings is 1. The van der Waals surface area contributed by atoms with E-state index in [2.05, 4.69) is 9.72 Å². The first-order valence-corrected chi connectivity index (χ1v) is 7.98. The number of fused-ring (bicyclic) bond motifs is 1. The van der Waals surface area contributed by atoms with Gasteiger partial charge in [0.15, 0.2) is 0 Å². The van der Waals surface area contributed by atoms with Crippen LogP contribution in [0.15, 0.2) is 42.5 Å². The molecule has 0 unspecified atom stereocenters. The SMILES string of the molecule is Cc1c(Cc2ccc(Cl)cc2)c(OC(F)F)nc2c(Cl)cccc12. The minimum atomic E-state index is -2.96. The maximum atomic E-state index is 12.8. The zero-order chi connectivity index (χ0) is 17.3. The third-order valence-corrected chi connectivity index (χ3v) is 4.37. The maximum absolute atomic E-state index is 12.8. The molecule has 0 aliphatic heterocycles. The first-order chi connectivity index (χ1) is 11.5. The zero-order valence-electron chi connectivity index (χ0n) is 12.7. The lowest BCUT2D eigenvalue weighted by atomic mass is 9.98. The predicted molar refractivity (Wildman–Crippen MR) is 92.4 cm³/mol. The summed E-state index contributed by atoms with van der Waals surface area (Å²) in [6.07, 6.45) is 0.403. The van der Waals surface area contributed by atoms with Crippen molar-refractivity contribution in [1.82, 2.24) is 4.98 Å². The van der Waals surface area contributed by atoms with E-state index in [1.54, 1.807) is 24.3 Å². The van der Waals surface area contributed by atoms with E-state index in [4.69, 9.17) is 23.2 Å². The zero-order valence-corrected chi connectivity index (χ0v) is 14.2. The molecule has 0 saturated heterocycles. The molecule has 0 aliphatic carbocycles. The Balaban J connectivity index is 2.16. The largest absolute Gasteiger partial charge is 0.417 e. The van der Waals surface area contributed by atoms with Crippen LogP contribution in [-0.2, 0) is 6.42 Å². The second-order valence-electron chi connectivity index (χ2n) is 5.34. The number of aromatic nitrogens is 1. The maximum Gasteiger partial charge on any atom is 0.388 e. The highest BCUT2D eigenvalue weighted by Gasteiger charge is 2.18. The van der Waals surface area contributed by atoms with Gasteiger partial charge in [-0.1, -0.05) is 47.5 Å². The number of hydrogen-bond donors (Lipinski definition) is 0. The highest BCUT2D eigenvalue weighted by atomic mass is 35.5. The van der Waals surface area contributed by atoms with Gasteiger partial charge in [0.1, 0.15) is 0 Å². The Hall–Kier alpha value is -1.91. The van der Waals surface area contributed by atoms with Gasteiger partial charge in [-0.05, 0) is 36.2 Å². The molecular formula is C18H13Cl2F2NO. The van der Waals surface area contributed by atoms with Crippen molar-refractivity contribution in [2.24, 2.45) is 0 Å². The number of halogens is 4. The molecule has 0 spiro atoms. The smallest absolute Gasteiger partial charge is 0.388 e. The van der Waals surface area contributed by atoms with Crippen LogP contribution in [0.2, 0.25) is 10.0 Å². The monoisotopic (exact) mass is 367 g/mol. The number of aryl methyl sites for hydroxylation is 1. The fourth-order valence-corrected chi connectivity index (χ4v) is 2.96. The third-order valence-electron chi connectivity index (χ3n) is 3.81. The second kappa shape index (κ2) is 6.91. The highest BCUT2D eigenvalue weighted by Crippen LogP contribution is 2.33. The molecule has 1 heterocycles. The molecular weight excluding hydrogens is 355 g/mol. The summed E-state index contributed by atoms with van der Waals surface area (Å²) in [5.41, 5.74) is 2.79. The summed E-state index contributed by atoms with van der Waals surface area (Å²) in [6, 6.07) is 12.5. The summed E-state index contributed by atoms with van der Waals surface area (Å²) in [4.78, 5) is 4.23. The normalized spacial score (nSPS) is 11.2. The Labute approximate surface area is 148 Å². The van der Waals surface area contributed by atoms with E-state index in [1.807, 2.05) is 25.1 Å². The van der Waals surface area contributed by atoms with Gasteiger partial charge in [0.25, 0.3) is 0 Å². The van der Waals surface area contributed by atoms with Crippen molar-refractivity contribution in [3.63, 3.8) is 0 Å². The number of ether oxygens (including phenoxy) is 1. The molecule has 0 saturated carbocycles. The van der Waals surface area contributed by atoms with Crippen LogP contribution in [0.5, 0.6) is 5.88 Å². The third kappa shape index (κ3) is 3.45. The molecule has 0 radical (unpaired) electrons. The highest BCUT2D eigenvalue weighted by molar-refractivity contribution is 6.35. The van der Waals surface area contributed by atoms with Crippen LogP contribution in [0.4, 0.5) is 8.78 Å². The summed E-state index contributed by atoms with van der Waals surface area (Å²) >= 11 is 12.0. The molecule has 3 rings (SSSR count). The number of para-hydroxylation sites is 1. The lowest BCUT2D eigenvalue weighted by Gasteiger charge is -2.15. The van der Waals surface area contributed by atoms with Crippen LogP contribution in [0.25, 0.3) is 10.9 Å². The standard InChI is InChI=1S/C18H13Cl2F2NO/c1-10-13-3-2-4-15(20)16(13)23-17(24-18(21)22)14(10)9-11-5-7-12(19)8-6-11/h2-8,18H,9H2,1H3. The van der Waals surface area contributed by atoms with E-state index in [9.17, 15) is 8.78 Å². The van der Waals surface area contributed by atoms with Gasteiger partial charge in [0.2, 0.25) is 5.88 Å². The van der Waals surface area contributed by atoms with Gasteiger partial charge in [0.05, 0.1) is 10.5 Å². The first kappa shape index (κ1) is 16.9. The van der Waals surface area contributed by atoms with Crippen LogP contribution in [0.3, 0.4) is 0 Å². The molecule has 0 atom stereocenters. The van der Waals surface area contributed by atoms with E-state index in [0.29, 0.717) is 27.5 Å². The quantitative estimate of drug-likeness (QED) is 0.560. The molecule has 2 aromatic carbocycles. The van der Waals surface area contributed by atoms with Crippen molar-refractivity contribution >= 4 is 34.1 Å². The molecule has 3 aromatic rings. The van der Waals surface area contributed by atoms with Gasteiger partial charge in [-0.2, -0.15) is 8.78 Å². The van der Waals surface area contributed by atoms with Gasteiger partial charge >= 0.3 is 6.61 Å². The Morgan fingerprint density at radius 1 is 1.08 bits per heavy atom. The molecule has 6 heteroatoms. The van der Waals surface area contributed by atoms with Gasteiger partial charge in [-0.15, -0.1) is 0 Å². The topological polar surface area (TPSA) is 22.1 Å². The summed E-state index contributed by atoms with van der Waals surface area (Å²) in [7, 11) is 0. The molecule has 124 valence electrons. The molecule has 0 N–H and O–H groups in total. The van der Waals surface area contributed by atoms with Crippen molar-refractivity contribution < 1.29 is 13.5 Å². The lowest BCUT2D eigenvalue weighted by Crippen LogP contribution is -2.08. The molecule has 0 amide bonds. The summed E-state index contributed by atoms with van der Waals surface area (Å²) in [5.74, 6) is -0.0990. The average molecular weight is 368 g/mol. The molecule has 0 bridgehead atoms.